The van der Waals surface area contributed by atoms with Crippen LogP contribution in [0.3, 0.4) is 0 Å². The van der Waals surface area contributed by atoms with Crippen LogP contribution in [-0.2, 0) is 6.42 Å². The second kappa shape index (κ2) is 5.88. The van der Waals surface area contributed by atoms with E-state index in [9.17, 15) is 0 Å². The number of hydrogen-bond acceptors (Lipinski definition) is 2. The van der Waals surface area contributed by atoms with Gasteiger partial charge in [0.25, 0.3) is 0 Å². The summed E-state index contributed by atoms with van der Waals surface area (Å²) < 4.78 is 5.46. The van der Waals surface area contributed by atoms with Crippen molar-refractivity contribution < 1.29 is 4.74 Å². The normalized spacial score (nSPS) is 27.8. The molecule has 2 nitrogen and oxygen atoms in total. The highest BCUT2D eigenvalue weighted by Gasteiger charge is 2.36. The lowest BCUT2D eigenvalue weighted by Gasteiger charge is -2.40. The Morgan fingerprint density at radius 3 is 2.32 bits per heavy atom. The summed E-state index contributed by atoms with van der Waals surface area (Å²) in [6.07, 6.45) is 8.43. The van der Waals surface area contributed by atoms with Gasteiger partial charge in [0.15, 0.2) is 0 Å². The molecule has 3 aliphatic rings. The molecular weight excluding hydrogens is 270 g/mol. The number of benzene rings is 1. The SMILES string of the molecule is COc1ccc2c(c1)C(C)C(N(CC1CC1)CC1CC1)CC2. The Balaban J connectivity index is 1.54. The fourth-order valence-electron chi connectivity index (χ4n) is 4.22. The fraction of sp³-hybridized carbons (Fsp3) is 0.700. The van der Waals surface area contributed by atoms with Crippen molar-refractivity contribution in [2.45, 2.75) is 57.4 Å². The Bertz CT molecular complexity index is 519. The van der Waals surface area contributed by atoms with Crippen molar-refractivity contribution in [1.29, 1.82) is 0 Å². The highest BCUT2D eigenvalue weighted by atomic mass is 16.5. The third kappa shape index (κ3) is 3.03. The number of fused-ring (bicyclic) bond motifs is 1. The first-order chi connectivity index (χ1) is 10.7. The molecule has 0 amide bonds. The standard InChI is InChI=1S/C20H29NO/c1-14-19-11-18(22-2)9-7-17(19)8-10-20(14)21(12-15-3-4-15)13-16-5-6-16/h7,9,11,14-16,20H,3-6,8,10,12-13H2,1-2H3. The molecule has 2 fully saturated rings. The maximum absolute atomic E-state index is 5.46. The molecule has 3 aliphatic carbocycles. The summed E-state index contributed by atoms with van der Waals surface area (Å²) in [7, 11) is 1.78. The average Bonchev–Trinajstić information content (AvgIpc) is 3.43. The van der Waals surface area contributed by atoms with E-state index in [2.05, 4.69) is 30.0 Å². The minimum absolute atomic E-state index is 0.636. The third-order valence-electron chi connectivity index (χ3n) is 5.98. The molecule has 2 saturated carbocycles. The lowest BCUT2D eigenvalue weighted by molar-refractivity contribution is 0.145. The molecule has 0 N–H and O–H groups in total. The highest BCUT2D eigenvalue weighted by molar-refractivity contribution is 5.40. The van der Waals surface area contributed by atoms with Crippen molar-refractivity contribution in [2.75, 3.05) is 20.2 Å². The largest absolute Gasteiger partial charge is 0.497 e. The first-order valence-electron chi connectivity index (χ1n) is 9.15. The maximum atomic E-state index is 5.46. The van der Waals surface area contributed by atoms with Gasteiger partial charge in [0.2, 0.25) is 0 Å². The molecular formula is C20H29NO. The predicted molar refractivity (Wildman–Crippen MR) is 90.5 cm³/mol. The maximum Gasteiger partial charge on any atom is 0.119 e. The monoisotopic (exact) mass is 299 g/mol. The minimum Gasteiger partial charge on any atom is -0.497 e. The zero-order chi connectivity index (χ0) is 15.1. The Morgan fingerprint density at radius 2 is 1.73 bits per heavy atom. The molecule has 22 heavy (non-hydrogen) atoms. The van der Waals surface area contributed by atoms with Crippen molar-refractivity contribution >= 4 is 0 Å². The second-order valence-electron chi connectivity index (χ2n) is 7.80. The van der Waals surface area contributed by atoms with E-state index in [0.29, 0.717) is 5.92 Å². The molecule has 2 unspecified atom stereocenters. The van der Waals surface area contributed by atoms with Gasteiger partial charge in [0.1, 0.15) is 5.75 Å². The number of ether oxygens (including phenoxy) is 1. The van der Waals surface area contributed by atoms with Crippen LogP contribution in [0.4, 0.5) is 0 Å². The van der Waals surface area contributed by atoms with Crippen LogP contribution in [0.2, 0.25) is 0 Å². The molecule has 120 valence electrons. The number of aryl methyl sites for hydroxylation is 1. The molecule has 0 spiro atoms. The smallest absolute Gasteiger partial charge is 0.119 e. The van der Waals surface area contributed by atoms with Gasteiger partial charge in [-0.15, -0.1) is 0 Å². The third-order valence-corrected chi connectivity index (χ3v) is 5.98. The van der Waals surface area contributed by atoms with Crippen LogP contribution < -0.4 is 4.74 Å². The molecule has 4 rings (SSSR count). The number of nitrogens with zero attached hydrogens (tertiary/aromatic N) is 1. The zero-order valence-electron chi connectivity index (χ0n) is 14.1. The number of methoxy groups -OCH3 is 1. The van der Waals surface area contributed by atoms with Crippen molar-refractivity contribution in [3.05, 3.63) is 29.3 Å². The first-order valence-corrected chi connectivity index (χ1v) is 9.15. The topological polar surface area (TPSA) is 12.5 Å². The molecule has 0 aromatic heterocycles. The van der Waals surface area contributed by atoms with Crippen LogP contribution in [0.25, 0.3) is 0 Å². The highest BCUT2D eigenvalue weighted by Crippen LogP contribution is 2.41. The van der Waals surface area contributed by atoms with E-state index in [-0.39, 0.29) is 0 Å². The molecule has 0 saturated heterocycles. The summed E-state index contributed by atoms with van der Waals surface area (Å²) in [5.41, 5.74) is 3.08. The van der Waals surface area contributed by atoms with E-state index >= 15 is 0 Å². The summed E-state index contributed by atoms with van der Waals surface area (Å²) in [6, 6.07) is 7.43. The molecule has 0 aliphatic heterocycles. The summed E-state index contributed by atoms with van der Waals surface area (Å²) in [4.78, 5) is 2.86. The van der Waals surface area contributed by atoms with Gasteiger partial charge < -0.3 is 4.74 Å². The van der Waals surface area contributed by atoms with E-state index in [1.165, 1.54) is 57.2 Å². The van der Waals surface area contributed by atoms with Crippen molar-refractivity contribution in [1.82, 2.24) is 4.90 Å². The fourth-order valence-corrected chi connectivity index (χ4v) is 4.22. The summed E-state index contributed by atoms with van der Waals surface area (Å²) in [5.74, 6) is 3.65. The number of rotatable bonds is 6. The molecule has 1 aromatic carbocycles. The van der Waals surface area contributed by atoms with Gasteiger partial charge in [0.05, 0.1) is 7.11 Å². The van der Waals surface area contributed by atoms with Crippen molar-refractivity contribution in [3.63, 3.8) is 0 Å². The van der Waals surface area contributed by atoms with Gasteiger partial charge in [-0.1, -0.05) is 13.0 Å². The van der Waals surface area contributed by atoms with Gasteiger partial charge in [-0.25, -0.2) is 0 Å². The molecule has 2 heteroatoms. The van der Waals surface area contributed by atoms with E-state index in [1.807, 2.05) is 0 Å². The molecule has 1 aromatic rings. The summed E-state index contributed by atoms with van der Waals surface area (Å²) >= 11 is 0. The van der Waals surface area contributed by atoms with Gasteiger partial charge in [0, 0.05) is 19.1 Å². The Hall–Kier alpha value is -1.02. The second-order valence-corrected chi connectivity index (χ2v) is 7.80. The summed E-state index contributed by atoms with van der Waals surface area (Å²) in [5, 5.41) is 0. The van der Waals surface area contributed by atoms with Crippen molar-refractivity contribution in [2.24, 2.45) is 11.8 Å². The van der Waals surface area contributed by atoms with Gasteiger partial charge in [-0.3, -0.25) is 4.90 Å². The van der Waals surface area contributed by atoms with Crippen LogP contribution >= 0.6 is 0 Å². The Labute approximate surface area is 134 Å². The van der Waals surface area contributed by atoms with Gasteiger partial charge in [-0.2, -0.15) is 0 Å². The molecule has 0 radical (unpaired) electrons. The van der Waals surface area contributed by atoms with E-state index in [1.54, 1.807) is 12.7 Å². The van der Waals surface area contributed by atoms with E-state index < -0.39 is 0 Å². The quantitative estimate of drug-likeness (QED) is 0.779. The lowest BCUT2D eigenvalue weighted by Crippen LogP contribution is -2.43. The Morgan fingerprint density at radius 1 is 1.05 bits per heavy atom. The summed E-state index contributed by atoms with van der Waals surface area (Å²) in [6.45, 7) is 5.14. The first kappa shape index (κ1) is 14.6. The minimum atomic E-state index is 0.636. The predicted octanol–water partition coefficient (Wildman–Crippen LogP) is 4.24. The number of hydrogen-bond donors (Lipinski definition) is 0. The van der Waals surface area contributed by atoms with Gasteiger partial charge in [-0.05, 0) is 79.5 Å². The van der Waals surface area contributed by atoms with E-state index in [4.69, 9.17) is 4.74 Å². The van der Waals surface area contributed by atoms with Crippen LogP contribution in [-0.4, -0.2) is 31.1 Å². The van der Waals surface area contributed by atoms with Crippen molar-refractivity contribution in [3.8, 4) is 5.75 Å². The lowest BCUT2D eigenvalue weighted by atomic mass is 9.79. The Kier molecular flexibility index (Phi) is 3.89. The zero-order valence-corrected chi connectivity index (χ0v) is 14.1. The molecule has 2 atom stereocenters. The van der Waals surface area contributed by atoms with Gasteiger partial charge >= 0.3 is 0 Å². The molecule has 0 heterocycles. The van der Waals surface area contributed by atoms with Crippen LogP contribution in [0.15, 0.2) is 18.2 Å². The van der Waals surface area contributed by atoms with Crippen LogP contribution in [0.1, 0.15) is 56.1 Å². The van der Waals surface area contributed by atoms with Crippen LogP contribution in [0.5, 0.6) is 5.75 Å². The van der Waals surface area contributed by atoms with E-state index in [0.717, 1.165) is 23.6 Å². The van der Waals surface area contributed by atoms with Crippen LogP contribution in [0, 0.1) is 11.8 Å². The molecule has 0 bridgehead atoms. The average molecular weight is 299 g/mol.